The Hall–Kier alpha value is -2.56. The molecule has 0 saturated heterocycles. The molecule has 28 heavy (non-hydrogen) atoms. The lowest BCUT2D eigenvalue weighted by atomic mass is 10.1. The summed E-state index contributed by atoms with van der Waals surface area (Å²) in [6.07, 6.45) is 0. The highest BCUT2D eigenvalue weighted by Crippen LogP contribution is 2.37. The average molecular weight is 400 g/mol. The van der Waals surface area contributed by atoms with E-state index in [1.54, 1.807) is 19.2 Å². The van der Waals surface area contributed by atoms with Crippen molar-refractivity contribution in [3.63, 3.8) is 0 Å². The molecule has 0 radical (unpaired) electrons. The fraction of sp³-hybridized carbons (Fsp3) is 0.217. The Morgan fingerprint density at radius 1 is 1.00 bits per heavy atom. The van der Waals surface area contributed by atoms with Gasteiger partial charge >= 0.3 is 0 Å². The number of halogens is 2. The van der Waals surface area contributed by atoms with Crippen LogP contribution >= 0.6 is 11.6 Å². The highest BCUT2D eigenvalue weighted by molar-refractivity contribution is 6.32. The van der Waals surface area contributed by atoms with Gasteiger partial charge in [-0.2, -0.15) is 0 Å². The third-order valence-corrected chi connectivity index (χ3v) is 4.78. The van der Waals surface area contributed by atoms with Gasteiger partial charge in [0.15, 0.2) is 11.5 Å². The minimum Gasteiger partial charge on any atom is -0.493 e. The third kappa shape index (κ3) is 5.24. The monoisotopic (exact) mass is 399 g/mol. The van der Waals surface area contributed by atoms with Crippen LogP contribution in [-0.4, -0.2) is 7.11 Å². The van der Waals surface area contributed by atoms with Crippen molar-refractivity contribution in [3.05, 3.63) is 94.3 Å². The minimum atomic E-state index is -0.277. The lowest BCUT2D eigenvalue weighted by Crippen LogP contribution is -2.18. The molecule has 0 heterocycles. The molecule has 146 valence electrons. The summed E-state index contributed by atoms with van der Waals surface area (Å²) in [4.78, 5) is 0. The van der Waals surface area contributed by atoms with Crippen molar-refractivity contribution >= 4 is 11.6 Å². The van der Waals surface area contributed by atoms with Gasteiger partial charge in [-0.25, -0.2) is 4.39 Å². The largest absolute Gasteiger partial charge is 0.493 e. The summed E-state index contributed by atoms with van der Waals surface area (Å²) in [5.41, 5.74) is 3.07. The van der Waals surface area contributed by atoms with Gasteiger partial charge in [-0.15, -0.1) is 0 Å². The fourth-order valence-corrected chi connectivity index (χ4v) is 3.17. The molecule has 3 aromatic rings. The summed E-state index contributed by atoms with van der Waals surface area (Å²) in [6, 6.07) is 20.4. The Balaban J connectivity index is 1.67. The first-order valence-electron chi connectivity index (χ1n) is 9.09. The maximum Gasteiger partial charge on any atom is 0.180 e. The topological polar surface area (TPSA) is 30.5 Å². The van der Waals surface area contributed by atoms with Crippen molar-refractivity contribution in [1.29, 1.82) is 0 Å². The zero-order valence-corrected chi connectivity index (χ0v) is 16.7. The van der Waals surface area contributed by atoms with Crippen LogP contribution in [0.3, 0.4) is 0 Å². The predicted octanol–water partition coefficient (Wildman–Crippen LogP) is 5.92. The molecule has 0 bridgehead atoms. The van der Waals surface area contributed by atoms with Crippen molar-refractivity contribution < 1.29 is 13.9 Å². The first kappa shape index (κ1) is 20.2. The molecule has 3 nitrogen and oxygen atoms in total. The highest BCUT2D eigenvalue weighted by Gasteiger charge is 2.13. The summed E-state index contributed by atoms with van der Waals surface area (Å²) >= 11 is 6.44. The molecule has 0 aliphatic rings. The van der Waals surface area contributed by atoms with Crippen LogP contribution in [-0.2, 0) is 13.2 Å². The van der Waals surface area contributed by atoms with Crippen LogP contribution in [0.25, 0.3) is 0 Å². The van der Waals surface area contributed by atoms with Gasteiger partial charge in [0.1, 0.15) is 12.4 Å². The van der Waals surface area contributed by atoms with Crippen LogP contribution in [0, 0.1) is 5.82 Å². The Morgan fingerprint density at radius 3 is 2.39 bits per heavy atom. The molecule has 0 amide bonds. The van der Waals surface area contributed by atoms with Crippen LogP contribution in [0.15, 0.2) is 66.7 Å². The van der Waals surface area contributed by atoms with E-state index in [-0.39, 0.29) is 18.5 Å². The van der Waals surface area contributed by atoms with E-state index in [0.717, 1.165) is 11.1 Å². The minimum absolute atomic E-state index is 0.209. The van der Waals surface area contributed by atoms with Gasteiger partial charge in [0, 0.05) is 12.6 Å². The standard InChI is InChI=1S/C23H23ClFNO2/c1-16(19-6-4-3-5-7-19)26-14-18-12-21(24)23(22(13-18)27-2)28-15-17-8-10-20(25)11-9-17/h3-13,16,26H,14-15H2,1-2H3/t16-/m1/s1. The van der Waals surface area contributed by atoms with Crippen LogP contribution in [0.1, 0.15) is 29.7 Å². The van der Waals surface area contributed by atoms with Crippen LogP contribution < -0.4 is 14.8 Å². The van der Waals surface area contributed by atoms with Gasteiger partial charge in [0.05, 0.1) is 12.1 Å². The molecule has 0 aliphatic carbocycles. The zero-order chi connectivity index (χ0) is 19.9. The molecular weight excluding hydrogens is 377 g/mol. The molecule has 0 saturated carbocycles. The van der Waals surface area contributed by atoms with E-state index in [1.165, 1.54) is 17.7 Å². The van der Waals surface area contributed by atoms with E-state index in [4.69, 9.17) is 21.1 Å². The summed E-state index contributed by atoms with van der Waals surface area (Å²) in [5, 5.41) is 3.96. The number of rotatable bonds is 8. The first-order valence-corrected chi connectivity index (χ1v) is 9.46. The molecule has 1 N–H and O–H groups in total. The average Bonchev–Trinajstić information content (AvgIpc) is 2.72. The van der Waals surface area contributed by atoms with E-state index in [1.807, 2.05) is 30.3 Å². The van der Waals surface area contributed by atoms with Gasteiger partial charge in [0.2, 0.25) is 0 Å². The van der Waals surface area contributed by atoms with Gasteiger partial charge in [-0.05, 0) is 47.9 Å². The third-order valence-electron chi connectivity index (χ3n) is 4.50. The van der Waals surface area contributed by atoms with E-state index in [9.17, 15) is 4.39 Å². The van der Waals surface area contributed by atoms with E-state index in [0.29, 0.717) is 23.1 Å². The molecule has 0 aliphatic heterocycles. The molecule has 0 fully saturated rings. The lowest BCUT2D eigenvalue weighted by molar-refractivity contribution is 0.284. The molecule has 5 heteroatoms. The molecular formula is C23H23ClFNO2. The number of nitrogens with one attached hydrogen (secondary N) is 1. The van der Waals surface area contributed by atoms with E-state index < -0.39 is 0 Å². The Bertz CT molecular complexity index is 900. The van der Waals surface area contributed by atoms with Crippen molar-refractivity contribution in [2.24, 2.45) is 0 Å². The summed E-state index contributed by atoms with van der Waals surface area (Å²) in [6.45, 7) is 3.04. The first-order chi connectivity index (χ1) is 13.6. The fourth-order valence-electron chi connectivity index (χ4n) is 2.88. The summed E-state index contributed by atoms with van der Waals surface area (Å²) in [5.74, 6) is 0.771. The van der Waals surface area contributed by atoms with Crippen molar-refractivity contribution in [1.82, 2.24) is 5.32 Å². The molecule has 1 atom stereocenters. The van der Waals surface area contributed by atoms with Gasteiger partial charge in [0.25, 0.3) is 0 Å². The van der Waals surface area contributed by atoms with Crippen molar-refractivity contribution in [2.45, 2.75) is 26.1 Å². The SMILES string of the molecule is COc1cc(CN[C@H](C)c2ccccc2)cc(Cl)c1OCc1ccc(F)cc1. The van der Waals surface area contributed by atoms with Gasteiger partial charge in [-0.3, -0.25) is 0 Å². The van der Waals surface area contributed by atoms with E-state index >= 15 is 0 Å². The number of ether oxygens (including phenoxy) is 2. The summed E-state index contributed by atoms with van der Waals surface area (Å²) in [7, 11) is 1.58. The van der Waals surface area contributed by atoms with Gasteiger partial charge < -0.3 is 14.8 Å². The molecule has 0 aromatic heterocycles. The lowest BCUT2D eigenvalue weighted by Gasteiger charge is -2.17. The highest BCUT2D eigenvalue weighted by atomic mass is 35.5. The Kier molecular flexibility index (Phi) is 6.90. The zero-order valence-electron chi connectivity index (χ0n) is 15.9. The Labute approximate surface area is 170 Å². The maximum absolute atomic E-state index is 13.0. The molecule has 3 rings (SSSR count). The predicted molar refractivity (Wildman–Crippen MR) is 110 cm³/mol. The molecule has 0 unspecified atom stereocenters. The van der Waals surface area contributed by atoms with Crippen LogP contribution in [0.4, 0.5) is 4.39 Å². The second kappa shape index (κ2) is 9.58. The molecule has 0 spiro atoms. The van der Waals surface area contributed by atoms with Crippen molar-refractivity contribution in [2.75, 3.05) is 7.11 Å². The summed E-state index contributed by atoms with van der Waals surface area (Å²) < 4.78 is 24.3. The second-order valence-electron chi connectivity index (χ2n) is 6.54. The number of benzene rings is 3. The van der Waals surface area contributed by atoms with E-state index in [2.05, 4.69) is 24.4 Å². The van der Waals surface area contributed by atoms with Gasteiger partial charge in [-0.1, -0.05) is 54.1 Å². The number of hydrogen-bond acceptors (Lipinski definition) is 3. The quantitative estimate of drug-likeness (QED) is 0.510. The smallest absolute Gasteiger partial charge is 0.180 e. The normalized spacial score (nSPS) is 11.9. The Morgan fingerprint density at radius 2 is 1.71 bits per heavy atom. The van der Waals surface area contributed by atoms with Crippen molar-refractivity contribution in [3.8, 4) is 11.5 Å². The number of methoxy groups -OCH3 is 1. The maximum atomic E-state index is 13.0. The van der Waals surface area contributed by atoms with Crippen LogP contribution in [0.2, 0.25) is 5.02 Å². The molecule has 3 aromatic carbocycles. The second-order valence-corrected chi connectivity index (χ2v) is 6.94. The van der Waals surface area contributed by atoms with Crippen LogP contribution in [0.5, 0.6) is 11.5 Å². The number of hydrogen-bond donors (Lipinski definition) is 1.